The second-order valence-electron chi connectivity index (χ2n) is 8.54. The molecule has 2 aromatic heterocycles. The highest BCUT2D eigenvalue weighted by molar-refractivity contribution is 6.30. The van der Waals surface area contributed by atoms with E-state index in [2.05, 4.69) is 9.97 Å². The van der Waals surface area contributed by atoms with Crippen molar-refractivity contribution in [2.45, 2.75) is 25.9 Å². The van der Waals surface area contributed by atoms with Gasteiger partial charge in [0.1, 0.15) is 29.0 Å². The molecule has 2 aliphatic rings. The number of amides is 1. The zero-order valence-electron chi connectivity index (χ0n) is 18.1. The third kappa shape index (κ3) is 4.50. The van der Waals surface area contributed by atoms with Gasteiger partial charge in [0.25, 0.3) is 5.91 Å². The Morgan fingerprint density at radius 3 is 2.76 bits per heavy atom. The van der Waals surface area contributed by atoms with Crippen LogP contribution in [0.3, 0.4) is 0 Å². The van der Waals surface area contributed by atoms with Gasteiger partial charge in [0.15, 0.2) is 0 Å². The summed E-state index contributed by atoms with van der Waals surface area (Å²) in [7, 11) is 0. The first-order valence-corrected chi connectivity index (χ1v) is 11.3. The fraction of sp³-hybridized carbons (Fsp3) is 0.320. The van der Waals surface area contributed by atoms with Crippen LogP contribution in [0.4, 0.5) is 4.39 Å². The molecule has 0 radical (unpaired) electrons. The largest absolute Gasteiger partial charge is 0.490 e. The van der Waals surface area contributed by atoms with Crippen molar-refractivity contribution < 1.29 is 18.7 Å². The molecule has 1 aliphatic heterocycles. The SMILES string of the molecule is Cc1ccc(Oc2ncccc2C(=O)N2C[C@@H]3CC[C@H](Oc4ccc(F)c(Cl)c4)[C@@H]3C2)cn1. The van der Waals surface area contributed by atoms with Gasteiger partial charge in [-0.15, -0.1) is 0 Å². The summed E-state index contributed by atoms with van der Waals surface area (Å²) in [5.41, 5.74) is 1.30. The van der Waals surface area contributed by atoms with E-state index in [-0.39, 0.29) is 28.8 Å². The fourth-order valence-corrected chi connectivity index (χ4v) is 4.85. The molecule has 1 aromatic carbocycles. The van der Waals surface area contributed by atoms with Gasteiger partial charge in [0, 0.05) is 37.0 Å². The minimum absolute atomic E-state index is 0.0400. The van der Waals surface area contributed by atoms with Crippen LogP contribution in [0, 0.1) is 24.6 Å². The van der Waals surface area contributed by atoms with Crippen molar-refractivity contribution in [3.63, 3.8) is 0 Å². The molecule has 2 fully saturated rings. The second kappa shape index (κ2) is 8.98. The molecule has 1 saturated carbocycles. The van der Waals surface area contributed by atoms with E-state index in [1.54, 1.807) is 36.7 Å². The number of hydrogen-bond acceptors (Lipinski definition) is 5. The van der Waals surface area contributed by atoms with Crippen molar-refractivity contribution in [3.05, 3.63) is 77.0 Å². The van der Waals surface area contributed by atoms with Gasteiger partial charge in [-0.2, -0.15) is 0 Å². The first-order valence-electron chi connectivity index (χ1n) is 10.9. The molecule has 0 unspecified atom stereocenters. The predicted molar refractivity (Wildman–Crippen MR) is 121 cm³/mol. The van der Waals surface area contributed by atoms with Gasteiger partial charge in [0.05, 0.1) is 11.2 Å². The summed E-state index contributed by atoms with van der Waals surface area (Å²) in [6.07, 6.45) is 5.04. The molecule has 1 saturated heterocycles. The molecule has 33 heavy (non-hydrogen) atoms. The van der Waals surface area contributed by atoms with E-state index < -0.39 is 5.82 Å². The van der Waals surface area contributed by atoms with Crippen LogP contribution < -0.4 is 9.47 Å². The highest BCUT2D eigenvalue weighted by Crippen LogP contribution is 2.41. The normalized spacial score (nSPS) is 21.7. The second-order valence-corrected chi connectivity index (χ2v) is 8.94. The van der Waals surface area contributed by atoms with Crippen LogP contribution >= 0.6 is 11.6 Å². The average Bonchev–Trinajstić information content (AvgIpc) is 3.40. The molecule has 170 valence electrons. The lowest BCUT2D eigenvalue weighted by atomic mass is 9.99. The van der Waals surface area contributed by atoms with E-state index in [1.165, 1.54) is 12.1 Å². The lowest BCUT2D eigenvalue weighted by Gasteiger charge is -2.22. The average molecular weight is 468 g/mol. The summed E-state index contributed by atoms with van der Waals surface area (Å²) in [5.74, 6) is 1.32. The summed E-state index contributed by atoms with van der Waals surface area (Å²) < 4.78 is 25.5. The van der Waals surface area contributed by atoms with Gasteiger partial charge in [-0.25, -0.2) is 9.37 Å². The minimum atomic E-state index is -0.470. The first-order chi connectivity index (χ1) is 16.0. The number of likely N-dealkylation sites (tertiary alicyclic amines) is 1. The lowest BCUT2D eigenvalue weighted by molar-refractivity contribution is 0.0759. The van der Waals surface area contributed by atoms with Crippen molar-refractivity contribution in [1.82, 2.24) is 14.9 Å². The van der Waals surface area contributed by atoms with Gasteiger partial charge < -0.3 is 14.4 Å². The predicted octanol–water partition coefficient (Wildman–Crippen LogP) is 5.30. The van der Waals surface area contributed by atoms with E-state index in [0.717, 1.165) is 18.5 Å². The van der Waals surface area contributed by atoms with Gasteiger partial charge in [-0.1, -0.05) is 11.6 Å². The van der Waals surface area contributed by atoms with Crippen molar-refractivity contribution >= 4 is 17.5 Å². The third-order valence-corrected chi connectivity index (χ3v) is 6.65. The molecular formula is C25H23ClFN3O3. The Balaban J connectivity index is 1.29. The molecule has 8 heteroatoms. The number of carbonyl (C=O) groups excluding carboxylic acids is 1. The van der Waals surface area contributed by atoms with Gasteiger partial charge >= 0.3 is 0 Å². The van der Waals surface area contributed by atoms with Crippen LogP contribution in [-0.2, 0) is 0 Å². The Morgan fingerprint density at radius 1 is 1.12 bits per heavy atom. The number of nitrogens with zero attached hydrogens (tertiary/aromatic N) is 3. The molecule has 3 heterocycles. The van der Waals surface area contributed by atoms with Crippen LogP contribution in [0.2, 0.25) is 5.02 Å². The van der Waals surface area contributed by atoms with Crippen molar-refractivity contribution in [1.29, 1.82) is 0 Å². The van der Waals surface area contributed by atoms with Crippen LogP contribution in [0.25, 0.3) is 0 Å². The molecular weight excluding hydrogens is 445 g/mol. The maximum Gasteiger partial charge on any atom is 0.259 e. The molecule has 1 amide bonds. The van der Waals surface area contributed by atoms with E-state index in [0.29, 0.717) is 36.1 Å². The van der Waals surface area contributed by atoms with Crippen molar-refractivity contribution in [2.75, 3.05) is 13.1 Å². The Hall–Kier alpha value is -3.19. The number of hydrogen-bond donors (Lipinski definition) is 0. The summed E-state index contributed by atoms with van der Waals surface area (Å²) in [4.78, 5) is 23.7. The number of halogens is 2. The first kappa shape index (κ1) is 21.6. The number of rotatable bonds is 5. The van der Waals surface area contributed by atoms with Gasteiger partial charge in [0.2, 0.25) is 5.88 Å². The maximum atomic E-state index is 13.5. The lowest BCUT2D eigenvalue weighted by Crippen LogP contribution is -2.32. The molecule has 1 aliphatic carbocycles. The summed E-state index contributed by atoms with van der Waals surface area (Å²) in [5, 5.41) is 0.0400. The number of pyridine rings is 2. The van der Waals surface area contributed by atoms with E-state index in [4.69, 9.17) is 21.1 Å². The highest BCUT2D eigenvalue weighted by Gasteiger charge is 2.45. The number of aromatic nitrogens is 2. The number of benzene rings is 1. The monoisotopic (exact) mass is 467 g/mol. The Kier molecular flexibility index (Phi) is 5.89. The molecule has 5 rings (SSSR count). The smallest absolute Gasteiger partial charge is 0.259 e. The Bertz CT molecular complexity index is 1170. The highest BCUT2D eigenvalue weighted by atomic mass is 35.5. The van der Waals surface area contributed by atoms with Crippen molar-refractivity contribution in [3.8, 4) is 17.4 Å². The third-order valence-electron chi connectivity index (χ3n) is 6.36. The molecule has 6 nitrogen and oxygen atoms in total. The summed E-state index contributed by atoms with van der Waals surface area (Å²) >= 11 is 5.89. The number of ether oxygens (including phenoxy) is 2. The van der Waals surface area contributed by atoms with E-state index in [1.807, 2.05) is 17.9 Å². The molecule has 0 N–H and O–H groups in total. The molecule has 0 bridgehead atoms. The number of aryl methyl sites for hydroxylation is 1. The van der Waals surface area contributed by atoms with Crippen LogP contribution in [0.1, 0.15) is 28.9 Å². The number of carbonyl (C=O) groups is 1. The molecule has 3 aromatic rings. The fourth-order valence-electron chi connectivity index (χ4n) is 4.68. The molecule has 0 spiro atoms. The van der Waals surface area contributed by atoms with E-state index in [9.17, 15) is 9.18 Å². The van der Waals surface area contributed by atoms with Crippen molar-refractivity contribution in [2.24, 2.45) is 11.8 Å². The summed E-state index contributed by atoms with van der Waals surface area (Å²) in [6, 6.07) is 11.5. The standard InChI is InChI=1S/C25H23ClFN3O3/c1-15-4-6-18(12-29-15)33-24-19(3-2-10-28-24)25(31)30-13-16-5-9-23(20(16)14-30)32-17-7-8-22(27)21(26)11-17/h2-4,6-8,10-12,16,20,23H,5,9,13-14H2,1H3/t16-,20+,23-/m0/s1. The van der Waals surface area contributed by atoms with Crippen LogP contribution in [0.15, 0.2) is 54.9 Å². The Morgan fingerprint density at radius 2 is 1.97 bits per heavy atom. The Labute approximate surface area is 196 Å². The van der Waals surface area contributed by atoms with Crippen LogP contribution in [-0.4, -0.2) is 40.0 Å². The van der Waals surface area contributed by atoms with Crippen LogP contribution in [0.5, 0.6) is 17.4 Å². The summed E-state index contributed by atoms with van der Waals surface area (Å²) in [6.45, 7) is 3.14. The van der Waals surface area contributed by atoms with Gasteiger partial charge in [-0.05, 0) is 62.1 Å². The molecule has 3 atom stereocenters. The maximum absolute atomic E-state index is 13.5. The van der Waals surface area contributed by atoms with E-state index >= 15 is 0 Å². The topological polar surface area (TPSA) is 64.5 Å². The minimum Gasteiger partial charge on any atom is -0.490 e. The zero-order valence-corrected chi connectivity index (χ0v) is 18.8. The van der Waals surface area contributed by atoms with Gasteiger partial charge in [-0.3, -0.25) is 9.78 Å². The number of fused-ring (bicyclic) bond motifs is 1. The quantitative estimate of drug-likeness (QED) is 0.509. The zero-order chi connectivity index (χ0) is 22.9.